The molecule has 51 heavy (non-hydrogen) atoms. The lowest BCUT2D eigenvalue weighted by molar-refractivity contribution is 1.00. The van der Waals surface area contributed by atoms with Crippen molar-refractivity contribution in [3.05, 3.63) is 186 Å². The van der Waals surface area contributed by atoms with Gasteiger partial charge < -0.3 is 9.13 Å². The summed E-state index contributed by atoms with van der Waals surface area (Å²) in [5.74, 6) is -0.309. The van der Waals surface area contributed by atoms with Gasteiger partial charge in [0.1, 0.15) is 6.07 Å². The molecule has 5 nitrogen and oxygen atoms in total. The number of benzene rings is 6. The number of nitrogens with zero attached hydrogens (tertiary/aromatic N) is 5. The molecule has 6 aromatic carbocycles. The standard InChI is InChI=1S/C46H27N5/c1-29-11-10-16-35(46(29)36-15-5-9-20-43(36)50-40-17-6-2-12-32(40)33-13-3-7-18-41(33)50)37-24-31(27-48)25-45(39(37)28-49)51-42-19-8-4-14-34(42)38-23-30(26-47)21-22-44(38)51/h2-25,46H,1H2. The number of fused-ring (bicyclic) bond motifs is 6. The topological polar surface area (TPSA) is 81.2 Å². The van der Waals surface area contributed by atoms with Crippen molar-refractivity contribution in [3.63, 3.8) is 0 Å². The molecule has 0 spiro atoms. The highest BCUT2D eigenvalue weighted by Crippen LogP contribution is 2.46. The molecule has 0 amide bonds. The summed E-state index contributed by atoms with van der Waals surface area (Å²) in [5, 5.41) is 35.3. The lowest BCUT2D eigenvalue weighted by atomic mass is 9.77. The van der Waals surface area contributed by atoms with Gasteiger partial charge in [0.15, 0.2) is 0 Å². The fourth-order valence-electron chi connectivity index (χ4n) is 7.91. The molecule has 0 aliphatic heterocycles. The van der Waals surface area contributed by atoms with Crippen LogP contribution >= 0.6 is 0 Å². The maximum absolute atomic E-state index is 11.0. The Morgan fingerprint density at radius 1 is 0.529 bits per heavy atom. The van der Waals surface area contributed by atoms with Gasteiger partial charge in [0, 0.05) is 27.5 Å². The monoisotopic (exact) mass is 649 g/mol. The Morgan fingerprint density at radius 2 is 1.10 bits per heavy atom. The fourth-order valence-corrected chi connectivity index (χ4v) is 7.91. The molecule has 8 aromatic rings. The van der Waals surface area contributed by atoms with E-state index in [1.807, 2.05) is 71.3 Å². The van der Waals surface area contributed by atoms with Gasteiger partial charge in [-0.1, -0.05) is 97.6 Å². The van der Waals surface area contributed by atoms with E-state index in [4.69, 9.17) is 0 Å². The van der Waals surface area contributed by atoms with Crippen LogP contribution in [-0.2, 0) is 0 Å². The van der Waals surface area contributed by atoms with Crippen LogP contribution in [0.2, 0.25) is 0 Å². The number of aromatic nitrogens is 2. The van der Waals surface area contributed by atoms with Crippen molar-refractivity contribution in [2.45, 2.75) is 5.92 Å². The van der Waals surface area contributed by atoms with Crippen molar-refractivity contribution >= 4 is 49.2 Å². The molecule has 5 heteroatoms. The SMILES string of the molecule is C=C1C=CC=C(c2cc(C#N)cc(-n3c4ccccc4c4cc(C#N)ccc43)c2C#N)C1c1ccccc1-n1c2ccccc2c2ccccc21. The van der Waals surface area contributed by atoms with E-state index in [0.29, 0.717) is 27.9 Å². The Kier molecular flexibility index (Phi) is 6.78. The predicted octanol–water partition coefficient (Wildman–Crippen LogP) is 10.8. The maximum Gasteiger partial charge on any atom is 0.102 e. The first-order valence-electron chi connectivity index (χ1n) is 16.7. The van der Waals surface area contributed by atoms with E-state index < -0.39 is 0 Å². The second kappa shape index (κ2) is 11.6. The minimum atomic E-state index is -0.309. The van der Waals surface area contributed by atoms with Crippen molar-refractivity contribution in [2.75, 3.05) is 0 Å². The summed E-state index contributed by atoms with van der Waals surface area (Å²) in [5.41, 5.74) is 10.5. The summed E-state index contributed by atoms with van der Waals surface area (Å²) in [6.07, 6.45) is 6.05. The Hall–Kier alpha value is -7.39. The number of hydrogen-bond donors (Lipinski definition) is 0. The van der Waals surface area contributed by atoms with E-state index in [1.54, 1.807) is 12.1 Å². The highest BCUT2D eigenvalue weighted by Gasteiger charge is 2.29. The number of nitriles is 3. The summed E-state index contributed by atoms with van der Waals surface area (Å²) in [7, 11) is 0. The number of hydrogen-bond acceptors (Lipinski definition) is 3. The van der Waals surface area contributed by atoms with E-state index in [2.05, 4.69) is 96.1 Å². The second-order valence-corrected chi connectivity index (χ2v) is 12.8. The maximum atomic E-state index is 11.0. The fraction of sp³-hybridized carbons (Fsp3) is 0.0217. The predicted molar refractivity (Wildman–Crippen MR) is 205 cm³/mol. The molecule has 236 valence electrons. The van der Waals surface area contributed by atoms with Gasteiger partial charge >= 0.3 is 0 Å². The van der Waals surface area contributed by atoms with Crippen molar-refractivity contribution in [1.82, 2.24) is 9.13 Å². The number of rotatable bonds is 4. The molecule has 1 aliphatic rings. The minimum absolute atomic E-state index is 0.309. The lowest BCUT2D eigenvalue weighted by Gasteiger charge is -2.28. The normalized spacial score (nSPS) is 14.1. The lowest BCUT2D eigenvalue weighted by Crippen LogP contribution is -2.12. The van der Waals surface area contributed by atoms with Crippen LogP contribution < -0.4 is 0 Å². The average Bonchev–Trinajstić information content (AvgIpc) is 3.69. The molecular formula is C46H27N5. The van der Waals surface area contributed by atoms with Crippen LogP contribution in [0.15, 0.2) is 158 Å². The van der Waals surface area contributed by atoms with Crippen LogP contribution in [0, 0.1) is 34.0 Å². The zero-order valence-corrected chi connectivity index (χ0v) is 27.4. The highest BCUT2D eigenvalue weighted by molar-refractivity contribution is 6.11. The third-order valence-corrected chi connectivity index (χ3v) is 10.0. The quantitative estimate of drug-likeness (QED) is 0.190. The van der Waals surface area contributed by atoms with Crippen LogP contribution in [0.1, 0.15) is 33.7 Å². The minimum Gasteiger partial charge on any atom is -0.309 e. The molecule has 0 radical (unpaired) electrons. The zero-order valence-electron chi connectivity index (χ0n) is 27.4. The Balaban J connectivity index is 1.31. The highest BCUT2D eigenvalue weighted by atomic mass is 15.0. The van der Waals surface area contributed by atoms with E-state index in [9.17, 15) is 15.8 Å². The molecule has 0 fully saturated rings. The third kappa shape index (κ3) is 4.45. The number of allylic oxidation sites excluding steroid dienone is 5. The van der Waals surface area contributed by atoms with E-state index in [1.165, 1.54) is 10.8 Å². The van der Waals surface area contributed by atoms with Gasteiger partial charge in [-0.3, -0.25) is 0 Å². The van der Waals surface area contributed by atoms with Gasteiger partial charge in [-0.15, -0.1) is 0 Å². The van der Waals surface area contributed by atoms with E-state index in [0.717, 1.165) is 55.2 Å². The Labute approximate surface area is 294 Å². The molecule has 0 saturated heterocycles. The van der Waals surface area contributed by atoms with Crippen molar-refractivity contribution in [1.29, 1.82) is 15.8 Å². The van der Waals surface area contributed by atoms with E-state index in [-0.39, 0.29) is 5.92 Å². The van der Waals surface area contributed by atoms with Gasteiger partial charge in [0.05, 0.1) is 62.3 Å². The Bertz CT molecular complexity index is 2930. The van der Waals surface area contributed by atoms with Crippen molar-refractivity contribution < 1.29 is 0 Å². The molecule has 0 saturated carbocycles. The largest absolute Gasteiger partial charge is 0.309 e. The molecule has 1 aliphatic carbocycles. The molecule has 1 unspecified atom stereocenters. The van der Waals surface area contributed by atoms with Crippen LogP contribution in [0.4, 0.5) is 0 Å². The average molecular weight is 650 g/mol. The molecule has 2 aromatic heterocycles. The summed E-state index contributed by atoms with van der Waals surface area (Å²) in [6, 6.07) is 49.7. The van der Waals surface area contributed by atoms with Gasteiger partial charge in [-0.2, -0.15) is 15.8 Å². The van der Waals surface area contributed by atoms with Crippen LogP contribution in [-0.4, -0.2) is 9.13 Å². The van der Waals surface area contributed by atoms with Crippen molar-refractivity contribution in [3.8, 4) is 29.6 Å². The molecule has 0 N–H and O–H groups in total. The summed E-state index contributed by atoms with van der Waals surface area (Å²) < 4.78 is 4.36. The summed E-state index contributed by atoms with van der Waals surface area (Å²) in [4.78, 5) is 0. The number of para-hydroxylation sites is 4. The third-order valence-electron chi connectivity index (χ3n) is 10.0. The molecule has 0 bridgehead atoms. The molecular weight excluding hydrogens is 623 g/mol. The smallest absolute Gasteiger partial charge is 0.102 e. The van der Waals surface area contributed by atoms with Gasteiger partial charge in [-0.05, 0) is 76.9 Å². The van der Waals surface area contributed by atoms with Crippen molar-refractivity contribution in [2.24, 2.45) is 0 Å². The van der Waals surface area contributed by atoms with Crippen LogP contribution in [0.3, 0.4) is 0 Å². The Morgan fingerprint density at radius 3 is 1.75 bits per heavy atom. The first-order chi connectivity index (χ1) is 25.1. The second-order valence-electron chi connectivity index (χ2n) is 12.8. The summed E-state index contributed by atoms with van der Waals surface area (Å²) >= 11 is 0. The van der Waals surface area contributed by atoms with Gasteiger partial charge in [0.2, 0.25) is 0 Å². The molecule has 1 atom stereocenters. The zero-order chi connectivity index (χ0) is 34.6. The van der Waals surface area contributed by atoms with E-state index >= 15 is 0 Å². The first-order valence-corrected chi connectivity index (χ1v) is 16.7. The van der Waals surface area contributed by atoms with Gasteiger partial charge in [0.25, 0.3) is 0 Å². The summed E-state index contributed by atoms with van der Waals surface area (Å²) in [6.45, 7) is 4.55. The molecule has 2 heterocycles. The van der Waals surface area contributed by atoms with Crippen LogP contribution in [0.25, 0.3) is 60.6 Å². The molecule has 9 rings (SSSR count). The van der Waals surface area contributed by atoms with Gasteiger partial charge in [-0.25, -0.2) is 0 Å². The van der Waals surface area contributed by atoms with Crippen LogP contribution in [0.5, 0.6) is 0 Å². The first kappa shape index (κ1) is 29.7.